The molecular formula is C22H16N2O. The highest BCUT2D eigenvalue weighted by Gasteiger charge is 2.10. The zero-order valence-electron chi connectivity index (χ0n) is 13.5. The van der Waals surface area contributed by atoms with Gasteiger partial charge in [-0.2, -0.15) is 0 Å². The van der Waals surface area contributed by atoms with Gasteiger partial charge in [-0.25, -0.2) is 9.97 Å². The Morgan fingerprint density at radius 3 is 1.92 bits per heavy atom. The molecule has 4 aromatic rings. The van der Waals surface area contributed by atoms with Crippen LogP contribution in [0, 0.1) is 0 Å². The zero-order chi connectivity index (χ0) is 17.1. The second-order valence-electron chi connectivity index (χ2n) is 5.71. The Bertz CT molecular complexity index is 1040. The van der Waals surface area contributed by atoms with Gasteiger partial charge in [0.2, 0.25) is 0 Å². The van der Waals surface area contributed by atoms with Crippen molar-refractivity contribution < 1.29 is 5.11 Å². The number of rotatable bonds is 3. The maximum atomic E-state index is 10.5. The first kappa shape index (κ1) is 15.1. The highest BCUT2D eigenvalue weighted by molar-refractivity contribution is 5.86. The summed E-state index contributed by atoms with van der Waals surface area (Å²) in [5.74, 6) is 0.169. The molecule has 1 heterocycles. The van der Waals surface area contributed by atoms with Gasteiger partial charge in [0.05, 0.1) is 22.4 Å². The van der Waals surface area contributed by atoms with E-state index >= 15 is 0 Å². The maximum absolute atomic E-state index is 10.5. The number of aliphatic hydroxyl groups is 1. The molecule has 0 atom stereocenters. The van der Waals surface area contributed by atoms with E-state index in [-0.39, 0.29) is 5.76 Å². The van der Waals surface area contributed by atoms with E-state index in [4.69, 9.17) is 9.97 Å². The van der Waals surface area contributed by atoms with E-state index in [0.717, 1.165) is 27.9 Å². The molecule has 1 N–H and O–H groups in total. The van der Waals surface area contributed by atoms with Crippen molar-refractivity contribution in [2.24, 2.45) is 0 Å². The molecule has 1 aromatic heterocycles. The molecule has 0 fully saturated rings. The predicted molar refractivity (Wildman–Crippen MR) is 102 cm³/mol. The molecule has 0 saturated carbocycles. The van der Waals surface area contributed by atoms with Crippen LogP contribution < -0.4 is 0 Å². The molecule has 3 heteroatoms. The van der Waals surface area contributed by atoms with Crippen molar-refractivity contribution in [3.8, 4) is 11.3 Å². The minimum absolute atomic E-state index is 0.169. The van der Waals surface area contributed by atoms with E-state index in [0.29, 0.717) is 5.69 Å². The summed E-state index contributed by atoms with van der Waals surface area (Å²) in [4.78, 5) is 9.49. The number of hydrogen-bond donors (Lipinski definition) is 1. The van der Waals surface area contributed by atoms with Crippen LogP contribution in [0.15, 0.2) is 84.9 Å². The standard InChI is InChI=1S/C22H16N2O/c25-21(16-9-3-1-4-10-16)15-20-22(17-11-5-2-6-12-17)24-19-14-8-7-13-18(19)23-20/h1-15,25H/b21-15-. The molecule has 0 amide bonds. The summed E-state index contributed by atoms with van der Waals surface area (Å²) in [7, 11) is 0. The summed E-state index contributed by atoms with van der Waals surface area (Å²) in [6.45, 7) is 0. The van der Waals surface area contributed by atoms with Crippen molar-refractivity contribution in [1.82, 2.24) is 9.97 Å². The maximum Gasteiger partial charge on any atom is 0.125 e. The molecule has 25 heavy (non-hydrogen) atoms. The van der Waals surface area contributed by atoms with Gasteiger partial charge >= 0.3 is 0 Å². The molecular weight excluding hydrogens is 308 g/mol. The van der Waals surface area contributed by atoms with Gasteiger partial charge in [-0.3, -0.25) is 0 Å². The SMILES string of the molecule is O/C(=C\c1nc2ccccc2nc1-c1ccccc1)c1ccccc1. The second kappa shape index (κ2) is 6.57. The minimum atomic E-state index is 0.169. The summed E-state index contributed by atoms with van der Waals surface area (Å²) >= 11 is 0. The van der Waals surface area contributed by atoms with Crippen LogP contribution in [0.2, 0.25) is 0 Å². The van der Waals surface area contributed by atoms with Crippen molar-refractivity contribution in [3.05, 3.63) is 96.2 Å². The van der Waals surface area contributed by atoms with E-state index in [1.54, 1.807) is 6.08 Å². The topological polar surface area (TPSA) is 46.0 Å². The smallest absolute Gasteiger partial charge is 0.125 e. The molecule has 0 spiro atoms. The molecule has 0 bridgehead atoms. The third-order valence-electron chi connectivity index (χ3n) is 3.99. The van der Waals surface area contributed by atoms with Crippen LogP contribution in [0.25, 0.3) is 34.1 Å². The summed E-state index contributed by atoms with van der Waals surface area (Å²) in [6.07, 6.45) is 1.68. The lowest BCUT2D eigenvalue weighted by molar-refractivity contribution is 0.515. The summed E-state index contributed by atoms with van der Waals surface area (Å²) in [5.41, 5.74) is 4.74. The molecule has 0 saturated heterocycles. The van der Waals surface area contributed by atoms with Crippen LogP contribution in [-0.2, 0) is 0 Å². The van der Waals surface area contributed by atoms with Crippen LogP contribution in [0.4, 0.5) is 0 Å². The Morgan fingerprint density at radius 2 is 1.24 bits per heavy atom. The first-order valence-corrected chi connectivity index (χ1v) is 8.09. The molecule has 0 unspecified atom stereocenters. The molecule has 0 aliphatic carbocycles. The van der Waals surface area contributed by atoms with Crippen molar-refractivity contribution >= 4 is 22.9 Å². The molecule has 0 radical (unpaired) electrons. The van der Waals surface area contributed by atoms with Gasteiger partial charge in [-0.1, -0.05) is 72.8 Å². The number of aromatic nitrogens is 2. The number of fused-ring (bicyclic) bond motifs is 1. The Labute approximate surface area is 146 Å². The lowest BCUT2D eigenvalue weighted by Crippen LogP contribution is -1.95. The van der Waals surface area contributed by atoms with E-state index in [9.17, 15) is 5.11 Å². The molecule has 0 aliphatic rings. The summed E-state index contributed by atoms with van der Waals surface area (Å²) in [5, 5.41) is 10.5. The number of benzene rings is 3. The molecule has 0 aliphatic heterocycles. The molecule has 4 rings (SSSR count). The van der Waals surface area contributed by atoms with Gasteiger partial charge in [-0.05, 0) is 12.1 Å². The van der Waals surface area contributed by atoms with Gasteiger partial charge in [0.25, 0.3) is 0 Å². The monoisotopic (exact) mass is 324 g/mol. The van der Waals surface area contributed by atoms with Gasteiger partial charge in [0.1, 0.15) is 5.76 Å². The quantitative estimate of drug-likeness (QED) is 0.516. The van der Waals surface area contributed by atoms with Gasteiger partial charge in [0.15, 0.2) is 0 Å². The lowest BCUT2D eigenvalue weighted by Gasteiger charge is -2.08. The van der Waals surface area contributed by atoms with Crippen LogP contribution in [0.3, 0.4) is 0 Å². The molecule has 3 nitrogen and oxygen atoms in total. The normalized spacial score (nSPS) is 11.6. The van der Waals surface area contributed by atoms with Crippen molar-refractivity contribution in [3.63, 3.8) is 0 Å². The second-order valence-corrected chi connectivity index (χ2v) is 5.71. The number of aliphatic hydroxyl groups excluding tert-OH is 1. The first-order valence-electron chi connectivity index (χ1n) is 8.09. The summed E-state index contributed by atoms with van der Waals surface area (Å²) in [6, 6.07) is 27.1. The molecule has 120 valence electrons. The first-order chi connectivity index (χ1) is 12.3. The fourth-order valence-electron chi connectivity index (χ4n) is 2.74. The predicted octanol–water partition coefficient (Wildman–Crippen LogP) is 5.35. The molecule has 3 aromatic carbocycles. The van der Waals surface area contributed by atoms with Crippen LogP contribution in [0.5, 0.6) is 0 Å². The van der Waals surface area contributed by atoms with Crippen molar-refractivity contribution in [2.75, 3.05) is 0 Å². The minimum Gasteiger partial charge on any atom is -0.507 e. The van der Waals surface area contributed by atoms with E-state index < -0.39 is 0 Å². The van der Waals surface area contributed by atoms with Gasteiger partial charge in [0, 0.05) is 17.2 Å². The van der Waals surface area contributed by atoms with E-state index in [1.807, 2.05) is 84.9 Å². The van der Waals surface area contributed by atoms with Gasteiger partial charge < -0.3 is 5.11 Å². The average Bonchev–Trinajstić information content (AvgIpc) is 2.69. The average molecular weight is 324 g/mol. The Morgan fingerprint density at radius 1 is 0.680 bits per heavy atom. The van der Waals surface area contributed by atoms with E-state index in [2.05, 4.69) is 0 Å². The highest BCUT2D eigenvalue weighted by atomic mass is 16.3. The van der Waals surface area contributed by atoms with E-state index in [1.165, 1.54) is 0 Å². The number of hydrogen-bond acceptors (Lipinski definition) is 3. The number of para-hydroxylation sites is 2. The summed E-state index contributed by atoms with van der Waals surface area (Å²) < 4.78 is 0. The Hall–Kier alpha value is -3.46. The third kappa shape index (κ3) is 3.12. The zero-order valence-corrected chi connectivity index (χ0v) is 13.5. The number of nitrogens with zero attached hydrogens (tertiary/aromatic N) is 2. The van der Waals surface area contributed by atoms with Crippen LogP contribution in [0.1, 0.15) is 11.3 Å². The Balaban J connectivity index is 1.92. The highest BCUT2D eigenvalue weighted by Crippen LogP contribution is 2.26. The fraction of sp³-hybridized carbons (Fsp3) is 0. The van der Waals surface area contributed by atoms with Crippen molar-refractivity contribution in [1.29, 1.82) is 0 Å². The Kier molecular flexibility index (Phi) is 3.97. The van der Waals surface area contributed by atoms with Crippen LogP contribution >= 0.6 is 0 Å². The lowest BCUT2D eigenvalue weighted by atomic mass is 10.1. The van der Waals surface area contributed by atoms with Crippen LogP contribution in [-0.4, -0.2) is 15.1 Å². The van der Waals surface area contributed by atoms with Gasteiger partial charge in [-0.15, -0.1) is 0 Å². The fourth-order valence-corrected chi connectivity index (χ4v) is 2.74. The third-order valence-corrected chi connectivity index (χ3v) is 3.99. The largest absolute Gasteiger partial charge is 0.507 e. The van der Waals surface area contributed by atoms with Crippen molar-refractivity contribution in [2.45, 2.75) is 0 Å².